The van der Waals surface area contributed by atoms with Crippen LogP contribution in [0.25, 0.3) is 10.9 Å². The fourth-order valence-electron chi connectivity index (χ4n) is 2.36. The molecular formula is C14H14F3N3O. The number of fused-ring (bicyclic) bond motifs is 1. The normalized spacial score (nSPS) is 16.2. The fourth-order valence-corrected chi connectivity index (χ4v) is 2.36. The molecule has 2 aromatic rings. The molecule has 1 aromatic carbocycles. The quantitative estimate of drug-likeness (QED) is 0.924. The molecule has 1 aliphatic rings. The SMILES string of the molecule is FC(F)(F)Oc1ccc2nc(N3CCNCC3)ccc2c1. The van der Waals surface area contributed by atoms with Crippen molar-refractivity contribution in [2.24, 2.45) is 0 Å². The van der Waals surface area contributed by atoms with Gasteiger partial charge in [-0.2, -0.15) is 0 Å². The molecule has 0 spiro atoms. The predicted octanol–water partition coefficient (Wildman–Crippen LogP) is 2.54. The number of alkyl halides is 3. The van der Waals surface area contributed by atoms with Crippen LogP contribution in [0.2, 0.25) is 0 Å². The molecule has 1 aromatic heterocycles. The van der Waals surface area contributed by atoms with Gasteiger partial charge in [0, 0.05) is 31.6 Å². The maximum atomic E-state index is 12.2. The summed E-state index contributed by atoms with van der Waals surface area (Å²) >= 11 is 0. The number of ether oxygens (including phenoxy) is 1. The summed E-state index contributed by atoms with van der Waals surface area (Å²) in [4.78, 5) is 6.65. The van der Waals surface area contributed by atoms with E-state index < -0.39 is 6.36 Å². The van der Waals surface area contributed by atoms with Gasteiger partial charge in [-0.1, -0.05) is 0 Å². The van der Waals surface area contributed by atoms with Crippen LogP contribution in [-0.4, -0.2) is 37.5 Å². The lowest BCUT2D eigenvalue weighted by Crippen LogP contribution is -2.43. The molecule has 2 heterocycles. The second-order valence-electron chi connectivity index (χ2n) is 4.81. The van der Waals surface area contributed by atoms with Crippen molar-refractivity contribution >= 4 is 16.7 Å². The molecule has 1 aliphatic heterocycles. The third-order valence-corrected chi connectivity index (χ3v) is 3.32. The molecule has 1 fully saturated rings. The minimum Gasteiger partial charge on any atom is -0.406 e. The zero-order valence-corrected chi connectivity index (χ0v) is 11.2. The molecule has 0 bridgehead atoms. The number of benzene rings is 1. The summed E-state index contributed by atoms with van der Waals surface area (Å²) in [6.07, 6.45) is -4.68. The van der Waals surface area contributed by atoms with Crippen LogP contribution >= 0.6 is 0 Å². The molecule has 1 saturated heterocycles. The van der Waals surface area contributed by atoms with E-state index in [1.54, 1.807) is 12.1 Å². The first-order chi connectivity index (χ1) is 10.0. The van der Waals surface area contributed by atoms with Crippen LogP contribution < -0.4 is 15.0 Å². The van der Waals surface area contributed by atoms with Crippen molar-refractivity contribution in [3.05, 3.63) is 30.3 Å². The molecule has 1 N–H and O–H groups in total. The molecule has 0 aliphatic carbocycles. The lowest BCUT2D eigenvalue weighted by Gasteiger charge is -2.28. The van der Waals surface area contributed by atoms with Gasteiger partial charge in [-0.05, 0) is 30.3 Å². The highest BCUT2D eigenvalue weighted by molar-refractivity contribution is 5.81. The number of hydrogen-bond acceptors (Lipinski definition) is 4. The van der Waals surface area contributed by atoms with Crippen LogP contribution in [0.1, 0.15) is 0 Å². The Hall–Kier alpha value is -2.02. The second kappa shape index (κ2) is 5.40. The minimum absolute atomic E-state index is 0.230. The average molecular weight is 297 g/mol. The number of rotatable bonds is 2. The Kier molecular flexibility index (Phi) is 3.59. The third-order valence-electron chi connectivity index (χ3n) is 3.32. The highest BCUT2D eigenvalue weighted by Gasteiger charge is 2.31. The Morgan fingerprint density at radius 3 is 2.57 bits per heavy atom. The van der Waals surface area contributed by atoms with Crippen LogP contribution in [-0.2, 0) is 0 Å². The van der Waals surface area contributed by atoms with Crippen LogP contribution in [0, 0.1) is 0 Å². The topological polar surface area (TPSA) is 37.4 Å². The van der Waals surface area contributed by atoms with E-state index in [2.05, 4.69) is 19.9 Å². The van der Waals surface area contributed by atoms with Gasteiger partial charge in [-0.15, -0.1) is 13.2 Å². The minimum atomic E-state index is -4.68. The van der Waals surface area contributed by atoms with Gasteiger partial charge in [0.2, 0.25) is 0 Å². The van der Waals surface area contributed by atoms with Crippen LogP contribution in [0.4, 0.5) is 19.0 Å². The van der Waals surface area contributed by atoms with Crippen molar-refractivity contribution in [1.82, 2.24) is 10.3 Å². The van der Waals surface area contributed by atoms with Crippen molar-refractivity contribution < 1.29 is 17.9 Å². The zero-order chi connectivity index (χ0) is 14.9. The number of nitrogens with zero attached hydrogens (tertiary/aromatic N) is 2. The molecule has 3 rings (SSSR count). The van der Waals surface area contributed by atoms with E-state index in [4.69, 9.17) is 0 Å². The molecule has 0 atom stereocenters. The molecule has 4 nitrogen and oxygen atoms in total. The van der Waals surface area contributed by atoms with E-state index >= 15 is 0 Å². The Morgan fingerprint density at radius 1 is 1.10 bits per heavy atom. The molecule has 0 radical (unpaired) electrons. The summed E-state index contributed by atoms with van der Waals surface area (Å²) in [6, 6.07) is 7.76. The van der Waals surface area contributed by atoms with E-state index in [-0.39, 0.29) is 5.75 Å². The van der Waals surface area contributed by atoms with E-state index in [9.17, 15) is 13.2 Å². The van der Waals surface area contributed by atoms with Gasteiger partial charge in [-0.25, -0.2) is 4.98 Å². The van der Waals surface area contributed by atoms with E-state index in [1.165, 1.54) is 12.1 Å². The van der Waals surface area contributed by atoms with Crippen molar-refractivity contribution in [2.45, 2.75) is 6.36 Å². The van der Waals surface area contributed by atoms with Crippen LogP contribution in [0.3, 0.4) is 0 Å². The summed E-state index contributed by atoms with van der Waals surface area (Å²) in [6.45, 7) is 3.54. The first-order valence-electron chi connectivity index (χ1n) is 6.63. The monoisotopic (exact) mass is 297 g/mol. The predicted molar refractivity (Wildman–Crippen MR) is 73.5 cm³/mol. The summed E-state index contributed by atoms with van der Waals surface area (Å²) < 4.78 is 40.5. The van der Waals surface area contributed by atoms with E-state index in [0.717, 1.165) is 32.0 Å². The highest BCUT2D eigenvalue weighted by atomic mass is 19.4. The smallest absolute Gasteiger partial charge is 0.406 e. The van der Waals surface area contributed by atoms with Crippen molar-refractivity contribution in [1.29, 1.82) is 0 Å². The van der Waals surface area contributed by atoms with Crippen molar-refractivity contribution in [3.8, 4) is 5.75 Å². The number of anilines is 1. The van der Waals surface area contributed by atoms with Crippen molar-refractivity contribution in [2.75, 3.05) is 31.1 Å². The first-order valence-corrected chi connectivity index (χ1v) is 6.63. The van der Waals surface area contributed by atoms with Gasteiger partial charge in [0.05, 0.1) is 5.52 Å². The molecule has 21 heavy (non-hydrogen) atoms. The van der Waals surface area contributed by atoms with Gasteiger partial charge in [0.25, 0.3) is 0 Å². The van der Waals surface area contributed by atoms with Crippen molar-refractivity contribution in [3.63, 3.8) is 0 Å². The summed E-state index contributed by atoms with van der Waals surface area (Å²) in [5.74, 6) is 0.611. The Morgan fingerprint density at radius 2 is 1.86 bits per heavy atom. The molecule has 0 saturated carbocycles. The lowest BCUT2D eigenvalue weighted by atomic mass is 10.2. The summed E-state index contributed by atoms with van der Waals surface area (Å²) in [5.41, 5.74) is 0.653. The molecule has 0 unspecified atom stereocenters. The van der Waals surface area contributed by atoms with Crippen LogP contribution in [0.5, 0.6) is 5.75 Å². The standard InChI is InChI=1S/C14H14F3N3O/c15-14(16,17)21-11-2-3-12-10(9-11)1-4-13(19-12)20-7-5-18-6-8-20/h1-4,9,18H,5-8H2. The maximum absolute atomic E-state index is 12.2. The molecular weight excluding hydrogens is 283 g/mol. The number of nitrogens with one attached hydrogen (secondary N) is 1. The van der Waals surface area contributed by atoms with Crippen LogP contribution in [0.15, 0.2) is 30.3 Å². The number of aromatic nitrogens is 1. The van der Waals surface area contributed by atoms with E-state index in [1.807, 2.05) is 6.07 Å². The third kappa shape index (κ3) is 3.36. The van der Waals surface area contributed by atoms with Gasteiger partial charge < -0.3 is 15.0 Å². The molecule has 7 heteroatoms. The largest absolute Gasteiger partial charge is 0.573 e. The molecule has 112 valence electrons. The van der Waals surface area contributed by atoms with Gasteiger partial charge in [0.15, 0.2) is 0 Å². The Balaban J connectivity index is 1.87. The lowest BCUT2D eigenvalue weighted by molar-refractivity contribution is -0.274. The highest BCUT2D eigenvalue weighted by Crippen LogP contribution is 2.27. The second-order valence-corrected chi connectivity index (χ2v) is 4.81. The Labute approximate surface area is 119 Å². The number of hydrogen-bond donors (Lipinski definition) is 1. The maximum Gasteiger partial charge on any atom is 0.573 e. The van der Waals surface area contributed by atoms with Gasteiger partial charge >= 0.3 is 6.36 Å². The summed E-state index contributed by atoms with van der Waals surface area (Å²) in [5, 5.41) is 3.88. The first kappa shape index (κ1) is 13.9. The zero-order valence-electron chi connectivity index (χ0n) is 11.2. The van der Waals surface area contributed by atoms with E-state index in [0.29, 0.717) is 10.9 Å². The average Bonchev–Trinajstić information content (AvgIpc) is 2.46. The molecule has 0 amide bonds. The Bertz CT molecular complexity index is 639. The number of halogens is 3. The van der Waals surface area contributed by atoms with Gasteiger partial charge in [0.1, 0.15) is 11.6 Å². The number of pyridine rings is 1. The number of piperazine rings is 1. The van der Waals surface area contributed by atoms with Gasteiger partial charge in [-0.3, -0.25) is 0 Å². The fraction of sp³-hybridized carbons (Fsp3) is 0.357. The summed E-state index contributed by atoms with van der Waals surface area (Å²) in [7, 11) is 0.